The molecule has 0 N–H and O–H groups in total. The van der Waals surface area contributed by atoms with Crippen molar-refractivity contribution in [3.63, 3.8) is 0 Å². The minimum atomic E-state index is -3.18. The van der Waals surface area contributed by atoms with Crippen LogP contribution < -0.4 is 0 Å². The minimum Gasteiger partial charge on any atom is -0.469 e. The van der Waals surface area contributed by atoms with E-state index < -0.39 is 9.84 Å². The third-order valence-electron chi connectivity index (χ3n) is 4.00. The fraction of sp³-hybridized carbons (Fsp3) is 0.211. The lowest BCUT2D eigenvalue weighted by atomic mass is 10.1. The molecule has 0 amide bonds. The average Bonchev–Trinajstić information content (AvgIpc) is 2.98. The number of benzene rings is 1. The van der Waals surface area contributed by atoms with Crippen LogP contribution in [0, 0.1) is 6.92 Å². The molecule has 4 nitrogen and oxygen atoms in total. The van der Waals surface area contributed by atoms with Crippen LogP contribution in [0.3, 0.4) is 0 Å². The number of rotatable bonds is 5. The Morgan fingerprint density at radius 1 is 1.00 bits per heavy atom. The van der Waals surface area contributed by atoms with Gasteiger partial charge in [-0.25, -0.2) is 8.42 Å². The molecule has 124 valence electrons. The van der Waals surface area contributed by atoms with Crippen LogP contribution in [0.5, 0.6) is 0 Å². The molecular weight excluding hydrogens is 322 g/mol. The largest absolute Gasteiger partial charge is 0.469 e. The quantitative estimate of drug-likeness (QED) is 0.707. The van der Waals surface area contributed by atoms with Crippen LogP contribution in [0.25, 0.3) is 11.3 Å². The second-order valence-corrected chi connectivity index (χ2v) is 7.83. The molecule has 0 unspecified atom stereocenters. The molecule has 0 spiro atoms. The van der Waals surface area contributed by atoms with Crippen LogP contribution in [0.1, 0.15) is 17.0 Å². The molecule has 0 fully saturated rings. The third-order valence-corrected chi connectivity index (χ3v) is 5.13. The number of nitrogens with zero attached hydrogens (tertiary/aromatic N) is 1. The van der Waals surface area contributed by atoms with E-state index in [0.29, 0.717) is 4.90 Å². The highest BCUT2D eigenvalue weighted by Crippen LogP contribution is 2.20. The normalized spacial score (nSPS) is 11.6. The molecule has 0 aliphatic carbocycles. The smallest absolute Gasteiger partial charge is 0.175 e. The molecule has 0 saturated carbocycles. The van der Waals surface area contributed by atoms with Crippen molar-refractivity contribution in [3.8, 4) is 11.3 Å². The molecule has 0 aliphatic heterocycles. The van der Waals surface area contributed by atoms with Gasteiger partial charge in [-0.05, 0) is 55.7 Å². The third kappa shape index (κ3) is 3.74. The van der Waals surface area contributed by atoms with E-state index in [0.717, 1.165) is 35.6 Å². The van der Waals surface area contributed by atoms with Crippen molar-refractivity contribution in [2.75, 3.05) is 6.26 Å². The van der Waals surface area contributed by atoms with Gasteiger partial charge < -0.3 is 4.42 Å². The summed E-state index contributed by atoms with van der Waals surface area (Å²) in [5.74, 6) is 0.947. The Balaban J connectivity index is 1.79. The zero-order valence-electron chi connectivity index (χ0n) is 13.7. The van der Waals surface area contributed by atoms with Crippen molar-refractivity contribution in [1.82, 2.24) is 4.98 Å². The van der Waals surface area contributed by atoms with E-state index in [1.807, 2.05) is 31.2 Å². The summed E-state index contributed by atoms with van der Waals surface area (Å²) in [6.45, 7) is 1.96. The van der Waals surface area contributed by atoms with E-state index in [-0.39, 0.29) is 0 Å². The van der Waals surface area contributed by atoms with Gasteiger partial charge >= 0.3 is 0 Å². The van der Waals surface area contributed by atoms with Crippen LogP contribution in [-0.4, -0.2) is 19.7 Å². The van der Waals surface area contributed by atoms with Gasteiger partial charge in [-0.2, -0.15) is 0 Å². The van der Waals surface area contributed by atoms with Gasteiger partial charge in [0, 0.05) is 17.5 Å². The number of aryl methyl sites for hydroxylation is 3. The summed E-state index contributed by atoms with van der Waals surface area (Å²) < 4.78 is 28.4. The van der Waals surface area contributed by atoms with E-state index in [9.17, 15) is 8.42 Å². The molecule has 0 atom stereocenters. The molecule has 24 heavy (non-hydrogen) atoms. The molecule has 3 aromatic rings. The van der Waals surface area contributed by atoms with Gasteiger partial charge in [0.2, 0.25) is 0 Å². The standard InChI is InChI=1S/C19H19NO3S/c1-14-15(12-13-23-14)6-9-17-4-3-5-19(20-17)16-7-10-18(11-8-16)24(2,21)22/h3-5,7-8,10-13H,6,9H2,1-2H3. The summed E-state index contributed by atoms with van der Waals surface area (Å²) in [5.41, 5.74) is 3.94. The average molecular weight is 341 g/mol. The lowest BCUT2D eigenvalue weighted by molar-refractivity contribution is 0.529. The van der Waals surface area contributed by atoms with Gasteiger partial charge in [0.25, 0.3) is 0 Å². The highest BCUT2D eigenvalue weighted by atomic mass is 32.2. The number of hydrogen-bond acceptors (Lipinski definition) is 4. The molecular formula is C19H19NO3S. The van der Waals surface area contributed by atoms with Crippen LogP contribution in [0.2, 0.25) is 0 Å². The van der Waals surface area contributed by atoms with Gasteiger partial charge in [0.1, 0.15) is 5.76 Å². The number of pyridine rings is 1. The van der Waals surface area contributed by atoms with E-state index in [4.69, 9.17) is 4.42 Å². The molecule has 1 aromatic carbocycles. The van der Waals surface area contributed by atoms with Gasteiger partial charge in [0.15, 0.2) is 9.84 Å². The summed E-state index contributed by atoms with van der Waals surface area (Å²) in [6, 6.07) is 14.7. The molecule has 0 radical (unpaired) electrons. The molecule has 0 aliphatic rings. The van der Waals surface area contributed by atoms with Gasteiger partial charge in [0.05, 0.1) is 16.9 Å². The maximum atomic E-state index is 11.5. The molecule has 0 saturated heterocycles. The van der Waals surface area contributed by atoms with Crippen LogP contribution in [0.4, 0.5) is 0 Å². The van der Waals surface area contributed by atoms with Gasteiger partial charge in [-0.15, -0.1) is 0 Å². The maximum Gasteiger partial charge on any atom is 0.175 e. The Morgan fingerprint density at radius 3 is 2.38 bits per heavy atom. The summed E-state index contributed by atoms with van der Waals surface area (Å²) in [4.78, 5) is 5.00. The lowest BCUT2D eigenvalue weighted by Crippen LogP contribution is -1.98. The van der Waals surface area contributed by atoms with E-state index in [1.165, 1.54) is 11.8 Å². The number of aromatic nitrogens is 1. The Kier molecular flexibility index (Phi) is 4.53. The molecule has 5 heteroatoms. The first-order chi connectivity index (χ1) is 11.4. The van der Waals surface area contributed by atoms with E-state index >= 15 is 0 Å². The number of hydrogen-bond donors (Lipinski definition) is 0. The highest BCUT2D eigenvalue weighted by molar-refractivity contribution is 7.90. The first kappa shape index (κ1) is 16.5. The predicted molar refractivity (Wildman–Crippen MR) is 93.6 cm³/mol. The van der Waals surface area contributed by atoms with Crippen molar-refractivity contribution in [3.05, 3.63) is 71.8 Å². The zero-order valence-corrected chi connectivity index (χ0v) is 14.5. The van der Waals surface area contributed by atoms with Crippen molar-refractivity contribution in [1.29, 1.82) is 0 Å². The van der Waals surface area contributed by atoms with Crippen LogP contribution >= 0.6 is 0 Å². The van der Waals surface area contributed by atoms with Gasteiger partial charge in [-0.3, -0.25) is 4.98 Å². The first-order valence-corrected chi connectivity index (χ1v) is 9.62. The Hall–Kier alpha value is -2.40. The Labute approximate surface area is 142 Å². The molecule has 0 bridgehead atoms. The fourth-order valence-electron chi connectivity index (χ4n) is 2.59. The SMILES string of the molecule is Cc1occc1CCc1cccc(-c2ccc(S(C)(=O)=O)cc2)n1. The molecule has 3 rings (SSSR count). The van der Waals surface area contributed by atoms with Crippen LogP contribution in [0.15, 0.2) is 64.1 Å². The van der Waals surface area contributed by atoms with Crippen LogP contribution in [-0.2, 0) is 22.7 Å². The maximum absolute atomic E-state index is 11.5. The fourth-order valence-corrected chi connectivity index (χ4v) is 3.22. The van der Waals surface area contributed by atoms with Gasteiger partial charge in [-0.1, -0.05) is 18.2 Å². The minimum absolute atomic E-state index is 0.317. The lowest BCUT2D eigenvalue weighted by Gasteiger charge is -2.06. The topological polar surface area (TPSA) is 60.2 Å². The van der Waals surface area contributed by atoms with Crippen molar-refractivity contribution in [2.45, 2.75) is 24.7 Å². The van der Waals surface area contributed by atoms with Crippen molar-refractivity contribution < 1.29 is 12.8 Å². The zero-order chi connectivity index (χ0) is 17.2. The second kappa shape index (κ2) is 6.61. The predicted octanol–water partition coefficient (Wildman–Crippen LogP) is 3.84. The van der Waals surface area contributed by atoms with Crippen molar-refractivity contribution in [2.24, 2.45) is 0 Å². The highest BCUT2D eigenvalue weighted by Gasteiger charge is 2.08. The first-order valence-electron chi connectivity index (χ1n) is 7.73. The van der Waals surface area contributed by atoms with E-state index in [1.54, 1.807) is 30.5 Å². The monoisotopic (exact) mass is 341 g/mol. The number of sulfone groups is 1. The number of furan rings is 1. The van der Waals surface area contributed by atoms with Crippen molar-refractivity contribution >= 4 is 9.84 Å². The Bertz CT molecular complexity index is 941. The molecule has 2 aromatic heterocycles. The van der Waals surface area contributed by atoms with E-state index in [2.05, 4.69) is 4.98 Å². The summed E-state index contributed by atoms with van der Waals surface area (Å²) in [6.07, 6.45) is 4.62. The summed E-state index contributed by atoms with van der Waals surface area (Å²) in [5, 5.41) is 0. The summed E-state index contributed by atoms with van der Waals surface area (Å²) in [7, 11) is -3.18. The molecule has 2 heterocycles. The second-order valence-electron chi connectivity index (χ2n) is 5.81. The summed E-state index contributed by atoms with van der Waals surface area (Å²) >= 11 is 0. The Morgan fingerprint density at radius 2 is 1.75 bits per heavy atom.